The van der Waals surface area contributed by atoms with Gasteiger partial charge in [-0.2, -0.15) is 18.6 Å². The van der Waals surface area contributed by atoms with Crippen LogP contribution in [0.1, 0.15) is 12.5 Å². The van der Waals surface area contributed by atoms with Crippen LogP contribution in [0.2, 0.25) is 0 Å². The third-order valence-corrected chi connectivity index (χ3v) is 1.16. The fourth-order valence-electron chi connectivity index (χ4n) is 0.775. The van der Waals surface area contributed by atoms with Gasteiger partial charge >= 0.3 is 53.0 Å². The summed E-state index contributed by atoms with van der Waals surface area (Å²) in [5, 5.41) is 6.25. The minimum absolute atomic E-state index is 0. The third-order valence-electron chi connectivity index (χ3n) is 1.16. The van der Waals surface area contributed by atoms with Gasteiger partial charge in [0, 0.05) is 6.92 Å². The Labute approximate surface area is 123 Å². The fraction of sp³-hybridized carbons (Fsp3) is 0.100. The zero-order chi connectivity index (χ0) is 12.3. The van der Waals surface area contributed by atoms with Crippen LogP contribution in [0, 0.1) is 18.8 Å². The number of benzene rings is 1. The first-order valence-corrected chi connectivity index (χ1v) is 10.7. The molecule has 0 radical (unpaired) electrons. The molecule has 0 aliphatic rings. The van der Waals surface area contributed by atoms with Crippen LogP contribution in [0.15, 0.2) is 24.3 Å². The van der Waals surface area contributed by atoms with E-state index in [0.29, 0.717) is 5.75 Å². The Hall–Kier alpha value is -0.327. The molecule has 3 nitrogen and oxygen atoms in total. The number of carbonyl (C=O) groups excluding carboxylic acids is 1. The summed E-state index contributed by atoms with van der Waals surface area (Å²) in [5.41, 5.74) is 0.837. The van der Waals surface area contributed by atoms with E-state index in [9.17, 15) is 4.79 Å². The average Bonchev–Trinajstić information content (AvgIpc) is 2.23. The molecule has 6 heteroatoms. The first kappa shape index (κ1) is 21.0. The molecule has 0 atom stereocenters. The molecule has 0 heterocycles. The second-order valence-corrected chi connectivity index (χ2v) is 2.24. The van der Waals surface area contributed by atoms with Crippen molar-refractivity contribution >= 4 is 19.6 Å². The van der Waals surface area contributed by atoms with Crippen molar-refractivity contribution in [2.24, 2.45) is 0 Å². The summed E-state index contributed by atoms with van der Waals surface area (Å²) in [6.45, 7) is 9.82. The molecule has 86 valence electrons. The standard InChI is InChI=1S/C9H9O2.CN.BrH.Cu.Zn/c1-7-4-3-5-9(6-7)11-8(2)10;1-2;;;/h3-6H,1H2,2H3;;1H;;/q2*-1;;+1;+2/p-1. The maximum absolute atomic E-state index is 10.5. The molecule has 0 amide bonds. The van der Waals surface area contributed by atoms with Gasteiger partial charge in [-0.25, -0.2) is 0 Å². The van der Waals surface area contributed by atoms with Crippen LogP contribution in [0.5, 0.6) is 5.75 Å². The normalized spacial score (nSPS) is 6.88. The monoisotopic (exact) mass is 381 g/mol. The van der Waals surface area contributed by atoms with Crippen LogP contribution in [0.4, 0.5) is 0 Å². The number of carbonyl (C=O) groups is 1. The number of hydrogen-bond donors (Lipinski definition) is 0. The van der Waals surface area contributed by atoms with Gasteiger partial charge in [0.25, 0.3) is 0 Å². The van der Waals surface area contributed by atoms with Crippen LogP contribution >= 0.6 is 13.6 Å². The third kappa shape index (κ3) is 11.7. The van der Waals surface area contributed by atoms with Gasteiger partial charge in [0.2, 0.25) is 0 Å². The van der Waals surface area contributed by atoms with E-state index in [0.717, 1.165) is 5.56 Å². The molecule has 0 aliphatic carbocycles. The van der Waals surface area contributed by atoms with Crippen molar-refractivity contribution in [2.75, 3.05) is 0 Å². The minimum atomic E-state index is -0.310. The Balaban J connectivity index is -0.000000305. The molecule has 0 spiro atoms. The zero-order valence-electron chi connectivity index (χ0n) is 8.67. The topological polar surface area (TPSA) is 50.1 Å². The van der Waals surface area contributed by atoms with Crippen molar-refractivity contribution in [1.29, 1.82) is 5.26 Å². The SMILES string of the molecule is [C-]#N.[CH2-]c1cccc(OC(C)=O)c1.[Cu+].[Zn+][Br]. The molecule has 0 aliphatic heterocycles. The molecular weight excluding hydrogens is 375 g/mol. The van der Waals surface area contributed by atoms with Crippen molar-refractivity contribution in [1.82, 2.24) is 0 Å². The van der Waals surface area contributed by atoms with Gasteiger partial charge in [-0.15, -0.1) is 12.1 Å². The van der Waals surface area contributed by atoms with E-state index in [-0.39, 0.29) is 23.0 Å². The summed E-state index contributed by atoms with van der Waals surface area (Å²) in [5.74, 6) is 0.237. The molecule has 0 saturated carbocycles. The summed E-state index contributed by atoms with van der Waals surface area (Å²) in [4.78, 5) is 10.5. The van der Waals surface area contributed by atoms with Crippen LogP contribution in [-0.4, -0.2) is 5.97 Å². The summed E-state index contributed by atoms with van der Waals surface area (Å²) < 4.78 is 4.82. The zero-order valence-corrected chi connectivity index (χ0v) is 14.2. The van der Waals surface area contributed by atoms with Gasteiger partial charge in [0.15, 0.2) is 0 Å². The van der Waals surface area contributed by atoms with E-state index in [1.807, 2.05) is 6.07 Å². The molecule has 0 fully saturated rings. The molecule has 1 aromatic carbocycles. The molecule has 0 aromatic heterocycles. The van der Waals surface area contributed by atoms with E-state index in [1.165, 1.54) is 23.3 Å². The van der Waals surface area contributed by atoms with Crippen molar-refractivity contribution in [3.63, 3.8) is 0 Å². The number of nitrogens with zero attached hydrogens (tertiary/aromatic N) is 1. The Kier molecular flexibility index (Phi) is 19.3. The van der Waals surface area contributed by atoms with Gasteiger partial charge in [0.1, 0.15) is 0 Å². The summed E-state index contributed by atoms with van der Waals surface area (Å²) in [6, 6.07) is 7.06. The average molecular weight is 384 g/mol. The van der Waals surface area contributed by atoms with Crippen LogP contribution in [-0.2, 0) is 38.2 Å². The summed E-state index contributed by atoms with van der Waals surface area (Å²) in [6.07, 6.45) is 0. The van der Waals surface area contributed by atoms with Crippen molar-refractivity contribution in [3.05, 3.63) is 43.3 Å². The molecule has 1 aromatic rings. The first-order chi connectivity index (χ1) is 7.18. The molecule has 0 N–H and O–H groups in total. The van der Waals surface area contributed by atoms with Gasteiger partial charge < -0.3 is 16.6 Å². The predicted octanol–water partition coefficient (Wildman–Crippen LogP) is 2.73. The number of hydrogen-bond acceptors (Lipinski definition) is 3. The van der Waals surface area contributed by atoms with E-state index in [4.69, 9.17) is 16.6 Å². The molecule has 16 heavy (non-hydrogen) atoms. The van der Waals surface area contributed by atoms with Gasteiger partial charge in [-0.3, -0.25) is 4.79 Å². The first-order valence-electron chi connectivity index (χ1n) is 3.78. The number of esters is 1. The van der Waals surface area contributed by atoms with E-state index in [1.54, 1.807) is 18.2 Å². The van der Waals surface area contributed by atoms with Crippen LogP contribution in [0.25, 0.3) is 0 Å². The quantitative estimate of drug-likeness (QED) is 0.324. The second kappa shape index (κ2) is 14.7. The van der Waals surface area contributed by atoms with Gasteiger partial charge in [0.05, 0.1) is 5.75 Å². The molecule has 0 bridgehead atoms. The van der Waals surface area contributed by atoms with E-state index >= 15 is 0 Å². The summed E-state index contributed by atoms with van der Waals surface area (Å²) >= 11 is 4.25. The maximum atomic E-state index is 10.5. The van der Waals surface area contributed by atoms with Gasteiger partial charge in [-0.05, 0) is 6.07 Å². The Bertz CT molecular complexity index is 321. The second-order valence-electron chi connectivity index (χ2n) is 2.24. The number of rotatable bonds is 1. The molecule has 0 unspecified atom stereocenters. The van der Waals surface area contributed by atoms with Crippen LogP contribution < -0.4 is 4.74 Å². The molecule has 1 rings (SSSR count). The van der Waals surface area contributed by atoms with Crippen molar-refractivity contribution in [2.45, 2.75) is 6.92 Å². The Morgan fingerprint density at radius 2 is 2.00 bits per heavy atom. The Morgan fingerprint density at radius 1 is 1.50 bits per heavy atom. The van der Waals surface area contributed by atoms with Gasteiger partial charge in [-0.1, -0.05) is 0 Å². The Morgan fingerprint density at radius 3 is 2.38 bits per heavy atom. The molecule has 0 saturated heterocycles. The number of ether oxygens (including phenoxy) is 1. The number of halogens is 1. The van der Waals surface area contributed by atoms with E-state index in [2.05, 4.69) is 20.5 Å². The van der Waals surface area contributed by atoms with Crippen molar-refractivity contribution < 1.29 is 42.9 Å². The fourth-order valence-corrected chi connectivity index (χ4v) is 0.775. The van der Waals surface area contributed by atoms with Crippen LogP contribution in [0.3, 0.4) is 0 Å². The summed E-state index contributed by atoms with van der Waals surface area (Å²) in [7, 11) is 0. The predicted molar refractivity (Wildman–Crippen MR) is 56.1 cm³/mol. The molecular formula is C10H9BrCuNO2Zn. The van der Waals surface area contributed by atoms with E-state index < -0.39 is 0 Å². The van der Waals surface area contributed by atoms with Crippen molar-refractivity contribution in [3.8, 4) is 5.75 Å².